The topological polar surface area (TPSA) is 86.7 Å². The Morgan fingerprint density at radius 1 is 0.943 bits per heavy atom. The lowest BCUT2D eigenvalue weighted by Crippen LogP contribution is -2.41. The van der Waals surface area contributed by atoms with Gasteiger partial charge in [0.15, 0.2) is 0 Å². The fraction of sp³-hybridized carbons (Fsp3) is 0.208. The Morgan fingerprint density at radius 2 is 1.63 bits per heavy atom. The quantitative estimate of drug-likeness (QED) is 0.429. The highest BCUT2D eigenvalue weighted by Crippen LogP contribution is 2.31. The third-order valence-corrected chi connectivity index (χ3v) is 6.91. The second-order valence-electron chi connectivity index (χ2n) is 7.57. The number of hydrogen-bond acceptors (Lipinski definition) is 4. The van der Waals surface area contributed by atoms with Gasteiger partial charge in [-0.25, -0.2) is 12.8 Å². The average Bonchev–Trinajstić information content (AvgIpc) is 2.82. The molecule has 0 unspecified atom stereocenters. The van der Waals surface area contributed by atoms with E-state index in [1.165, 1.54) is 24.3 Å². The summed E-state index contributed by atoms with van der Waals surface area (Å²) < 4.78 is 78.1. The van der Waals surface area contributed by atoms with Gasteiger partial charge in [-0.05, 0) is 53.1 Å². The normalized spacial score (nSPS) is 12.1. The molecule has 2 N–H and O–H groups in total. The summed E-state index contributed by atoms with van der Waals surface area (Å²) in [5.41, 5.74) is 1.07. The number of alkyl halides is 3. The number of aliphatic hydroxyl groups excluding tert-OH is 1. The van der Waals surface area contributed by atoms with Gasteiger partial charge in [-0.3, -0.25) is 4.79 Å². The van der Waals surface area contributed by atoms with Crippen molar-refractivity contribution in [2.45, 2.75) is 17.6 Å². The van der Waals surface area contributed by atoms with Crippen LogP contribution in [-0.2, 0) is 27.5 Å². The van der Waals surface area contributed by atoms with Gasteiger partial charge >= 0.3 is 6.18 Å². The standard InChI is InChI=1S/C24H22F4N2O4S/c25-21-5-2-6-22(14-21)35(33,34)30(11-12-31)16-23(32)29-15-17-3-1-4-19(13-17)18-7-9-20(10-8-18)24(26,27)28/h1-10,13-14,31H,11-12,15-16H2,(H,29,32). The van der Waals surface area contributed by atoms with Crippen LogP contribution in [0.2, 0.25) is 0 Å². The van der Waals surface area contributed by atoms with Crippen LogP contribution in [0.4, 0.5) is 17.6 Å². The molecular weight excluding hydrogens is 488 g/mol. The fourth-order valence-corrected chi connectivity index (χ4v) is 4.72. The molecule has 0 saturated heterocycles. The highest BCUT2D eigenvalue weighted by molar-refractivity contribution is 7.89. The summed E-state index contributed by atoms with van der Waals surface area (Å²) in [7, 11) is -4.23. The predicted molar refractivity (Wildman–Crippen MR) is 121 cm³/mol. The summed E-state index contributed by atoms with van der Waals surface area (Å²) >= 11 is 0. The van der Waals surface area contributed by atoms with E-state index in [4.69, 9.17) is 0 Å². The van der Waals surface area contributed by atoms with Crippen molar-refractivity contribution in [1.29, 1.82) is 0 Å². The van der Waals surface area contributed by atoms with E-state index in [9.17, 15) is 35.9 Å². The largest absolute Gasteiger partial charge is 0.416 e. The van der Waals surface area contributed by atoms with Crippen LogP contribution in [0.5, 0.6) is 0 Å². The van der Waals surface area contributed by atoms with Crippen molar-refractivity contribution in [3.63, 3.8) is 0 Å². The van der Waals surface area contributed by atoms with Crippen LogP contribution >= 0.6 is 0 Å². The van der Waals surface area contributed by atoms with Crippen LogP contribution in [0.15, 0.2) is 77.7 Å². The van der Waals surface area contributed by atoms with E-state index in [0.717, 1.165) is 28.6 Å². The summed E-state index contributed by atoms with van der Waals surface area (Å²) in [6, 6.07) is 15.8. The van der Waals surface area contributed by atoms with Crippen molar-refractivity contribution in [3.05, 3.63) is 89.7 Å². The van der Waals surface area contributed by atoms with E-state index in [-0.39, 0.29) is 18.0 Å². The molecule has 1 amide bonds. The van der Waals surface area contributed by atoms with Crippen molar-refractivity contribution in [1.82, 2.24) is 9.62 Å². The molecular formula is C24H22F4N2O4S. The number of sulfonamides is 1. The molecule has 35 heavy (non-hydrogen) atoms. The SMILES string of the molecule is O=C(CN(CCO)S(=O)(=O)c1cccc(F)c1)NCc1cccc(-c2ccc(C(F)(F)F)cc2)c1. The molecule has 3 aromatic rings. The third-order valence-electron chi connectivity index (χ3n) is 5.07. The summed E-state index contributed by atoms with van der Waals surface area (Å²) in [6.45, 7) is -1.48. The lowest BCUT2D eigenvalue weighted by Gasteiger charge is -2.21. The van der Waals surface area contributed by atoms with Crippen LogP contribution in [0, 0.1) is 5.82 Å². The molecule has 0 aliphatic heterocycles. The lowest BCUT2D eigenvalue weighted by atomic mass is 10.0. The molecule has 0 aliphatic carbocycles. The van der Waals surface area contributed by atoms with Gasteiger partial charge in [-0.15, -0.1) is 0 Å². The number of hydrogen-bond donors (Lipinski definition) is 2. The molecule has 0 heterocycles. The number of nitrogens with zero attached hydrogens (tertiary/aromatic N) is 1. The van der Waals surface area contributed by atoms with Crippen LogP contribution < -0.4 is 5.32 Å². The average molecular weight is 511 g/mol. The third kappa shape index (κ3) is 6.87. The summed E-state index contributed by atoms with van der Waals surface area (Å²) in [4.78, 5) is 12.1. The molecule has 11 heteroatoms. The van der Waals surface area contributed by atoms with Gasteiger partial charge in [0.25, 0.3) is 0 Å². The van der Waals surface area contributed by atoms with Gasteiger partial charge in [0, 0.05) is 13.1 Å². The molecule has 0 bridgehead atoms. The molecule has 0 radical (unpaired) electrons. The monoisotopic (exact) mass is 510 g/mol. The van der Waals surface area contributed by atoms with E-state index in [2.05, 4.69) is 5.32 Å². The van der Waals surface area contributed by atoms with Gasteiger partial charge in [-0.1, -0.05) is 36.4 Å². The minimum Gasteiger partial charge on any atom is -0.395 e. The van der Waals surface area contributed by atoms with Crippen molar-refractivity contribution in [2.75, 3.05) is 19.7 Å². The van der Waals surface area contributed by atoms with Crippen LogP contribution in [0.25, 0.3) is 11.1 Å². The maximum absolute atomic E-state index is 13.5. The molecule has 0 atom stereocenters. The van der Waals surface area contributed by atoms with Crippen LogP contribution in [-0.4, -0.2) is 43.4 Å². The Labute approximate surface area is 199 Å². The van der Waals surface area contributed by atoms with Crippen molar-refractivity contribution < 1.29 is 35.9 Å². The Balaban J connectivity index is 1.67. The first-order valence-corrected chi connectivity index (χ1v) is 11.8. The Bertz CT molecular complexity index is 1280. The second kappa shape index (κ2) is 11.0. The van der Waals surface area contributed by atoms with Gasteiger partial charge in [0.2, 0.25) is 15.9 Å². The molecule has 186 valence electrons. The summed E-state index contributed by atoms with van der Waals surface area (Å²) in [5, 5.41) is 11.8. The molecule has 0 aromatic heterocycles. The summed E-state index contributed by atoms with van der Waals surface area (Å²) in [6.07, 6.45) is -4.43. The van der Waals surface area contributed by atoms with Gasteiger partial charge in [0.05, 0.1) is 23.6 Å². The molecule has 3 aromatic carbocycles. The summed E-state index contributed by atoms with van der Waals surface area (Å²) in [5.74, 6) is -1.41. The fourth-order valence-electron chi connectivity index (χ4n) is 3.30. The highest BCUT2D eigenvalue weighted by Gasteiger charge is 2.30. The van der Waals surface area contributed by atoms with E-state index >= 15 is 0 Å². The molecule has 0 aliphatic rings. The van der Waals surface area contributed by atoms with E-state index in [1.54, 1.807) is 24.3 Å². The molecule has 6 nitrogen and oxygen atoms in total. The smallest absolute Gasteiger partial charge is 0.395 e. The number of amides is 1. The Kier molecular flexibility index (Phi) is 8.26. The number of rotatable bonds is 9. The lowest BCUT2D eigenvalue weighted by molar-refractivity contribution is -0.137. The van der Waals surface area contributed by atoms with Crippen LogP contribution in [0.1, 0.15) is 11.1 Å². The number of carbonyl (C=O) groups is 1. The van der Waals surface area contributed by atoms with Gasteiger partial charge < -0.3 is 10.4 Å². The van der Waals surface area contributed by atoms with E-state index < -0.39 is 46.6 Å². The Morgan fingerprint density at radius 3 is 2.26 bits per heavy atom. The van der Waals surface area contributed by atoms with Crippen molar-refractivity contribution >= 4 is 15.9 Å². The Hall–Kier alpha value is -3.28. The minimum atomic E-state index is -4.43. The first-order valence-electron chi connectivity index (χ1n) is 10.4. The first kappa shape index (κ1) is 26.3. The van der Waals surface area contributed by atoms with Crippen molar-refractivity contribution in [2.24, 2.45) is 0 Å². The van der Waals surface area contributed by atoms with Crippen molar-refractivity contribution in [3.8, 4) is 11.1 Å². The predicted octanol–water partition coefficient (Wildman–Crippen LogP) is 3.81. The minimum absolute atomic E-state index is 0.0281. The van der Waals surface area contributed by atoms with Gasteiger partial charge in [-0.2, -0.15) is 17.5 Å². The molecule has 0 spiro atoms. The zero-order valence-electron chi connectivity index (χ0n) is 18.3. The second-order valence-corrected chi connectivity index (χ2v) is 9.51. The highest BCUT2D eigenvalue weighted by atomic mass is 32.2. The zero-order chi connectivity index (χ0) is 25.6. The van der Waals surface area contributed by atoms with E-state index in [1.807, 2.05) is 0 Å². The number of aliphatic hydroxyl groups is 1. The zero-order valence-corrected chi connectivity index (χ0v) is 19.1. The van der Waals surface area contributed by atoms with E-state index in [0.29, 0.717) is 16.7 Å². The first-order chi connectivity index (χ1) is 16.5. The molecule has 0 saturated carbocycles. The van der Waals surface area contributed by atoms with Crippen LogP contribution in [0.3, 0.4) is 0 Å². The molecule has 0 fully saturated rings. The van der Waals surface area contributed by atoms with Gasteiger partial charge in [0.1, 0.15) is 5.82 Å². The number of carbonyl (C=O) groups excluding carboxylic acids is 1. The maximum atomic E-state index is 13.5. The number of benzene rings is 3. The number of halogens is 4. The maximum Gasteiger partial charge on any atom is 0.416 e. The number of nitrogens with one attached hydrogen (secondary N) is 1. The molecule has 3 rings (SSSR count).